The molecular weight excluding hydrogens is 708 g/mol. The van der Waals surface area contributed by atoms with Crippen LogP contribution in [0.4, 0.5) is 75.4 Å². The quantitative estimate of drug-likeness (QED) is 0.0608. The molecule has 50 heavy (non-hydrogen) atoms. The van der Waals surface area contributed by atoms with Crippen molar-refractivity contribution >= 4 is 22.7 Å². The zero-order valence-electron chi connectivity index (χ0n) is 24.6. The van der Waals surface area contributed by atoms with Gasteiger partial charge in [0.05, 0.1) is 22.7 Å². The molecule has 4 aromatic carbocycles. The zero-order chi connectivity index (χ0) is 38.4. The highest BCUT2D eigenvalue weighted by molar-refractivity contribution is 5.62. The van der Waals surface area contributed by atoms with Crippen molar-refractivity contribution < 1.29 is 73.1 Å². The number of nitrogens with two attached hydrogens (primary N) is 4. The maximum absolute atomic E-state index is 13.8. The highest BCUT2D eigenvalue weighted by Crippen LogP contribution is 2.59. The Morgan fingerprint density at radius 1 is 0.320 bits per heavy atom. The van der Waals surface area contributed by atoms with E-state index in [1.807, 2.05) is 0 Å². The molecule has 20 heteroatoms. The Hall–Kier alpha value is -5.56. The minimum Gasteiger partial charge on any atom is -0.506 e. The smallest absolute Gasteiger partial charge is 0.411 e. The molecule has 0 aromatic heterocycles. The number of hydrogen-bond acceptors (Lipinski definition) is 8. The van der Waals surface area contributed by atoms with Crippen molar-refractivity contribution in [3.05, 3.63) is 95.1 Å². The zero-order valence-corrected chi connectivity index (χ0v) is 24.6. The van der Waals surface area contributed by atoms with Crippen LogP contribution >= 0.6 is 0 Å². The van der Waals surface area contributed by atoms with Crippen LogP contribution in [0.2, 0.25) is 0 Å². The Morgan fingerprint density at radius 2 is 0.480 bits per heavy atom. The number of halogens is 12. The number of hydrogen-bond donors (Lipinski definition) is 8. The van der Waals surface area contributed by atoms with E-state index < -0.39 is 80.8 Å². The van der Waals surface area contributed by atoms with Crippen LogP contribution in [0, 0.1) is 0 Å². The largest absolute Gasteiger partial charge is 0.506 e. The molecule has 0 fully saturated rings. The summed E-state index contributed by atoms with van der Waals surface area (Å²) in [4.78, 5) is 0. The van der Waals surface area contributed by atoms with Gasteiger partial charge in [-0.25, -0.2) is 0 Å². The lowest BCUT2D eigenvalue weighted by atomic mass is 9.72. The van der Waals surface area contributed by atoms with E-state index in [0.29, 0.717) is 48.5 Å². The molecule has 0 aliphatic heterocycles. The summed E-state index contributed by atoms with van der Waals surface area (Å²) in [6.45, 7) is 0. The molecule has 4 rings (SSSR count). The van der Waals surface area contributed by atoms with Gasteiger partial charge in [0.25, 0.3) is 0 Å². The summed E-state index contributed by atoms with van der Waals surface area (Å²) in [7, 11) is 0. The molecule has 0 saturated heterocycles. The first-order valence-electron chi connectivity index (χ1n) is 13.3. The number of phenols is 4. The number of benzene rings is 4. The van der Waals surface area contributed by atoms with E-state index in [4.69, 9.17) is 22.9 Å². The van der Waals surface area contributed by atoms with Crippen molar-refractivity contribution in [3.8, 4) is 23.0 Å². The normalized spacial score (nSPS) is 13.0. The van der Waals surface area contributed by atoms with Crippen molar-refractivity contribution in [3.63, 3.8) is 0 Å². The van der Waals surface area contributed by atoms with E-state index in [-0.39, 0.29) is 22.7 Å². The number of phenolic OH excluding ortho intramolecular Hbond substituents is 4. The summed E-state index contributed by atoms with van der Waals surface area (Å²) < 4.78 is 165. The third-order valence-electron chi connectivity index (χ3n) is 7.55. The van der Waals surface area contributed by atoms with Crippen LogP contribution in [0.1, 0.15) is 22.3 Å². The van der Waals surface area contributed by atoms with Gasteiger partial charge in [-0.05, 0) is 70.8 Å². The van der Waals surface area contributed by atoms with E-state index in [0.717, 1.165) is 24.3 Å². The number of alkyl halides is 12. The summed E-state index contributed by atoms with van der Waals surface area (Å²) in [5.74, 6) is -3.74. The third kappa shape index (κ3) is 6.43. The fourth-order valence-electron chi connectivity index (χ4n) is 5.07. The number of nitrogen functional groups attached to an aromatic ring is 4. The van der Waals surface area contributed by atoms with Gasteiger partial charge in [0, 0.05) is 0 Å². The molecule has 0 aliphatic carbocycles. The van der Waals surface area contributed by atoms with E-state index in [9.17, 15) is 73.1 Å². The molecule has 0 atom stereocenters. The number of anilines is 4. The van der Waals surface area contributed by atoms with Crippen LogP contribution in [0.5, 0.6) is 23.0 Å². The lowest BCUT2D eigenvalue weighted by molar-refractivity contribution is -0.290. The second-order valence-corrected chi connectivity index (χ2v) is 10.6. The van der Waals surface area contributed by atoms with E-state index in [2.05, 4.69) is 0 Å². The second kappa shape index (κ2) is 12.7. The molecule has 12 N–H and O–H groups in total. The topological polar surface area (TPSA) is 185 Å². The summed E-state index contributed by atoms with van der Waals surface area (Å²) in [6, 6.07) is 6.17. The first-order valence-corrected chi connectivity index (χ1v) is 13.3. The molecule has 0 bridgehead atoms. The lowest BCUT2D eigenvalue weighted by Gasteiger charge is -2.38. The molecule has 0 spiro atoms. The molecule has 0 saturated carbocycles. The lowest BCUT2D eigenvalue weighted by Crippen LogP contribution is -2.54. The summed E-state index contributed by atoms with van der Waals surface area (Å²) >= 11 is 0. The maximum atomic E-state index is 13.8. The number of rotatable bonds is 4. The molecule has 4 aromatic rings. The molecular formula is C30H24F12N4O4. The van der Waals surface area contributed by atoms with E-state index in [1.165, 1.54) is 0 Å². The second-order valence-electron chi connectivity index (χ2n) is 10.6. The molecule has 0 amide bonds. The number of aromatic hydroxyl groups is 4. The molecule has 0 radical (unpaired) electrons. The van der Waals surface area contributed by atoms with Crippen LogP contribution in [-0.2, 0) is 10.8 Å². The Bertz CT molecular complexity index is 1600. The van der Waals surface area contributed by atoms with Crippen molar-refractivity contribution in [2.75, 3.05) is 22.9 Å². The fourth-order valence-corrected chi connectivity index (χ4v) is 5.07. The van der Waals surface area contributed by atoms with Gasteiger partial charge in [0.1, 0.15) is 23.0 Å². The standard InChI is InChI=1S/2C15H12F6N2O2/c2*16-14(17,18)13(15(19,20)21,7-1-3-9(22)11(24)5-7)8-2-4-10(23)12(25)6-8/h2*1-6,24-25H,22-23H2. The van der Waals surface area contributed by atoms with Crippen LogP contribution < -0.4 is 22.9 Å². The molecule has 272 valence electrons. The first kappa shape index (κ1) is 38.9. The van der Waals surface area contributed by atoms with E-state index in [1.54, 1.807) is 0 Å². The Kier molecular flexibility index (Phi) is 9.89. The SMILES string of the molecule is Nc1ccc(C(c2ccc(N)c(O)c2)(C(F)(F)F)C(F)(F)F)cc1O.Nc1ccc(C(c2ccc(N)c(O)c2)(C(F)(F)F)C(F)(F)F)cc1O. The Labute approximate surface area is 272 Å². The van der Waals surface area contributed by atoms with Gasteiger partial charge in [0.15, 0.2) is 0 Å². The van der Waals surface area contributed by atoms with Gasteiger partial charge < -0.3 is 43.4 Å². The third-order valence-corrected chi connectivity index (χ3v) is 7.55. The van der Waals surface area contributed by atoms with Gasteiger partial charge in [-0.15, -0.1) is 0 Å². The first-order chi connectivity index (χ1) is 22.6. The molecule has 0 heterocycles. The Balaban J connectivity index is 0.000000270. The van der Waals surface area contributed by atoms with Crippen LogP contribution in [0.25, 0.3) is 0 Å². The fraction of sp³-hybridized carbons (Fsp3) is 0.200. The van der Waals surface area contributed by atoms with Crippen molar-refractivity contribution in [2.45, 2.75) is 35.5 Å². The van der Waals surface area contributed by atoms with Gasteiger partial charge in [-0.3, -0.25) is 0 Å². The van der Waals surface area contributed by atoms with Crippen LogP contribution in [0.3, 0.4) is 0 Å². The van der Waals surface area contributed by atoms with Crippen molar-refractivity contribution in [1.29, 1.82) is 0 Å². The predicted octanol–water partition coefficient (Wildman–Crippen LogP) is 7.35. The van der Waals surface area contributed by atoms with Crippen molar-refractivity contribution in [1.82, 2.24) is 0 Å². The van der Waals surface area contributed by atoms with Gasteiger partial charge in [-0.2, -0.15) is 52.7 Å². The van der Waals surface area contributed by atoms with Crippen LogP contribution in [-0.4, -0.2) is 45.1 Å². The summed E-state index contributed by atoms with van der Waals surface area (Å²) in [6.07, 6.45) is -23.4. The average molecular weight is 733 g/mol. The average Bonchev–Trinajstić information content (AvgIpc) is 2.94. The monoisotopic (exact) mass is 732 g/mol. The van der Waals surface area contributed by atoms with Crippen LogP contribution in [0.15, 0.2) is 72.8 Å². The molecule has 0 aliphatic rings. The maximum Gasteiger partial charge on any atom is 0.411 e. The van der Waals surface area contributed by atoms with Gasteiger partial charge in [-0.1, -0.05) is 24.3 Å². The summed E-state index contributed by atoms with van der Waals surface area (Å²) in [5.41, 5.74) is 5.29. The van der Waals surface area contributed by atoms with Crippen molar-refractivity contribution in [2.24, 2.45) is 0 Å². The molecule has 8 nitrogen and oxygen atoms in total. The highest BCUT2D eigenvalue weighted by atomic mass is 19.4. The molecule has 0 unspecified atom stereocenters. The highest BCUT2D eigenvalue weighted by Gasteiger charge is 2.74. The minimum absolute atomic E-state index is 0.295. The van der Waals surface area contributed by atoms with Gasteiger partial charge >= 0.3 is 24.7 Å². The van der Waals surface area contributed by atoms with E-state index >= 15 is 0 Å². The predicted molar refractivity (Wildman–Crippen MR) is 156 cm³/mol. The Morgan fingerprint density at radius 3 is 0.600 bits per heavy atom. The van der Waals surface area contributed by atoms with Gasteiger partial charge in [0.2, 0.25) is 10.8 Å². The minimum atomic E-state index is -5.85. The summed E-state index contributed by atoms with van der Waals surface area (Å²) in [5, 5.41) is 38.0.